The van der Waals surface area contributed by atoms with Crippen LogP contribution in [0.5, 0.6) is 0 Å². The van der Waals surface area contributed by atoms with E-state index < -0.39 is 0 Å². The Morgan fingerprint density at radius 1 is 0.909 bits per heavy atom. The second-order valence-electron chi connectivity index (χ2n) is 5.98. The molecule has 0 aliphatic heterocycles. The fraction of sp³-hybridized carbons (Fsp3) is 0.778. The van der Waals surface area contributed by atoms with Crippen LogP contribution < -0.4 is 5.69 Å². The van der Waals surface area contributed by atoms with Gasteiger partial charge in [-0.25, -0.2) is 9.78 Å². The number of hydrogen-bond acceptors (Lipinski definition) is 3. The minimum Gasteiger partial charge on any atom is -0.300 e. The van der Waals surface area contributed by atoms with Gasteiger partial charge in [-0.1, -0.05) is 77.6 Å². The Morgan fingerprint density at radius 2 is 1.45 bits per heavy atom. The van der Waals surface area contributed by atoms with E-state index >= 15 is 0 Å². The van der Waals surface area contributed by atoms with Crippen molar-refractivity contribution in [3.05, 3.63) is 22.7 Å². The maximum atomic E-state index is 11.0. The molecule has 1 N–H and O–H groups in total. The topological polar surface area (TPSA) is 45.8 Å². The fourth-order valence-electron chi connectivity index (χ4n) is 2.56. The smallest absolute Gasteiger partial charge is 0.300 e. The first-order valence-corrected chi connectivity index (χ1v) is 9.99. The van der Waals surface area contributed by atoms with Crippen LogP contribution in [0.3, 0.4) is 0 Å². The molecule has 22 heavy (non-hydrogen) atoms. The van der Waals surface area contributed by atoms with Crippen molar-refractivity contribution in [1.82, 2.24) is 9.97 Å². The molecule has 0 spiro atoms. The molecular weight excluding hydrogens is 292 g/mol. The standard InChI is InChI=1S/C18H32N2OS/c1-2-3-4-5-6-7-8-9-10-11-12-13-16-22-17-14-15-19-18(21)20-17/h14-15H,2-13,16H2,1H3,(H,19,20,21). The van der Waals surface area contributed by atoms with Crippen LogP contribution in [0.4, 0.5) is 0 Å². The van der Waals surface area contributed by atoms with E-state index in [1.165, 1.54) is 77.0 Å². The van der Waals surface area contributed by atoms with Gasteiger partial charge in [0.2, 0.25) is 0 Å². The summed E-state index contributed by atoms with van der Waals surface area (Å²) in [5.74, 6) is 1.08. The molecular formula is C18H32N2OS. The largest absolute Gasteiger partial charge is 0.345 e. The van der Waals surface area contributed by atoms with E-state index in [1.807, 2.05) is 6.07 Å². The highest BCUT2D eigenvalue weighted by Crippen LogP contribution is 2.16. The number of aromatic amines is 1. The molecule has 4 heteroatoms. The summed E-state index contributed by atoms with van der Waals surface area (Å²) in [5, 5.41) is 0.933. The van der Waals surface area contributed by atoms with Crippen LogP contribution in [0, 0.1) is 0 Å². The van der Waals surface area contributed by atoms with Crippen molar-refractivity contribution in [2.24, 2.45) is 0 Å². The zero-order chi connectivity index (χ0) is 15.9. The molecule has 126 valence electrons. The maximum Gasteiger partial charge on any atom is 0.345 e. The zero-order valence-electron chi connectivity index (χ0n) is 14.1. The van der Waals surface area contributed by atoms with E-state index in [4.69, 9.17) is 0 Å². The van der Waals surface area contributed by atoms with Crippen molar-refractivity contribution in [1.29, 1.82) is 0 Å². The summed E-state index contributed by atoms with van der Waals surface area (Å²) >= 11 is 1.72. The summed E-state index contributed by atoms with van der Waals surface area (Å²) in [5.41, 5.74) is -0.250. The lowest BCUT2D eigenvalue weighted by molar-refractivity contribution is 0.548. The monoisotopic (exact) mass is 324 g/mol. The maximum absolute atomic E-state index is 11.0. The number of thioether (sulfide) groups is 1. The Labute approximate surface area is 139 Å². The summed E-state index contributed by atoms with van der Waals surface area (Å²) in [6.45, 7) is 2.27. The number of H-pyrrole nitrogens is 1. The number of unbranched alkanes of at least 4 members (excludes halogenated alkanes) is 11. The number of rotatable bonds is 14. The van der Waals surface area contributed by atoms with Crippen LogP contribution in [-0.2, 0) is 0 Å². The molecule has 1 aromatic rings. The van der Waals surface area contributed by atoms with Crippen molar-refractivity contribution >= 4 is 11.8 Å². The molecule has 0 radical (unpaired) electrons. The van der Waals surface area contributed by atoms with Crippen LogP contribution in [-0.4, -0.2) is 15.7 Å². The van der Waals surface area contributed by atoms with Gasteiger partial charge in [0.05, 0.1) is 5.03 Å². The Hall–Kier alpha value is -0.770. The Balaban J connectivity index is 1.81. The number of aromatic nitrogens is 2. The molecule has 0 amide bonds. The van der Waals surface area contributed by atoms with Crippen LogP contribution in [0.2, 0.25) is 0 Å². The molecule has 0 aliphatic carbocycles. The van der Waals surface area contributed by atoms with E-state index in [-0.39, 0.29) is 5.69 Å². The zero-order valence-corrected chi connectivity index (χ0v) is 14.9. The summed E-state index contributed by atoms with van der Waals surface area (Å²) in [4.78, 5) is 17.4. The molecule has 0 aromatic carbocycles. The van der Waals surface area contributed by atoms with Gasteiger partial charge < -0.3 is 4.98 Å². The van der Waals surface area contributed by atoms with Gasteiger partial charge in [0.25, 0.3) is 0 Å². The second kappa shape index (κ2) is 13.9. The summed E-state index contributed by atoms with van der Waals surface area (Å²) in [6.07, 6.45) is 18.1. The third kappa shape index (κ3) is 10.9. The van der Waals surface area contributed by atoms with Gasteiger partial charge in [-0.2, -0.15) is 0 Å². The number of nitrogens with zero attached hydrogens (tertiary/aromatic N) is 1. The predicted molar refractivity (Wildman–Crippen MR) is 96.7 cm³/mol. The van der Waals surface area contributed by atoms with Gasteiger partial charge in [0, 0.05) is 6.20 Å². The van der Waals surface area contributed by atoms with E-state index in [1.54, 1.807) is 18.0 Å². The van der Waals surface area contributed by atoms with E-state index in [0.717, 1.165) is 10.8 Å². The normalized spacial score (nSPS) is 11.0. The Kier molecular flexibility index (Phi) is 12.1. The highest BCUT2D eigenvalue weighted by atomic mass is 32.2. The Morgan fingerprint density at radius 3 is 2.00 bits per heavy atom. The van der Waals surface area contributed by atoms with Gasteiger partial charge in [0.15, 0.2) is 0 Å². The first-order valence-electron chi connectivity index (χ1n) is 9.01. The highest BCUT2D eigenvalue weighted by Gasteiger charge is 1.96. The van der Waals surface area contributed by atoms with Gasteiger partial charge in [-0.3, -0.25) is 0 Å². The van der Waals surface area contributed by atoms with E-state index in [9.17, 15) is 4.79 Å². The molecule has 1 aromatic heterocycles. The average molecular weight is 325 g/mol. The molecule has 0 atom stereocenters. The molecule has 0 bridgehead atoms. The van der Waals surface area contributed by atoms with Crippen molar-refractivity contribution in [2.45, 2.75) is 89.0 Å². The minimum atomic E-state index is -0.250. The SMILES string of the molecule is CCCCCCCCCCCCCCSc1ccnc(=O)[nH]1. The van der Waals surface area contributed by atoms with Gasteiger partial charge in [0.1, 0.15) is 0 Å². The minimum absolute atomic E-state index is 0.250. The van der Waals surface area contributed by atoms with Crippen LogP contribution in [0.25, 0.3) is 0 Å². The van der Waals surface area contributed by atoms with Crippen LogP contribution >= 0.6 is 11.8 Å². The molecule has 0 unspecified atom stereocenters. The molecule has 1 rings (SSSR count). The van der Waals surface area contributed by atoms with Gasteiger partial charge >= 0.3 is 5.69 Å². The number of hydrogen-bond donors (Lipinski definition) is 1. The van der Waals surface area contributed by atoms with Crippen LogP contribution in [0.1, 0.15) is 84.0 Å². The number of nitrogens with one attached hydrogen (secondary N) is 1. The first-order chi connectivity index (χ1) is 10.8. The summed E-state index contributed by atoms with van der Waals surface area (Å²) in [6, 6.07) is 1.87. The average Bonchev–Trinajstić information content (AvgIpc) is 2.52. The second-order valence-corrected chi connectivity index (χ2v) is 7.11. The van der Waals surface area contributed by atoms with Crippen LogP contribution in [0.15, 0.2) is 22.1 Å². The highest BCUT2D eigenvalue weighted by molar-refractivity contribution is 7.99. The van der Waals surface area contributed by atoms with Crippen molar-refractivity contribution in [3.8, 4) is 0 Å². The predicted octanol–water partition coefficient (Wildman–Crippen LogP) is 5.56. The van der Waals surface area contributed by atoms with Crippen molar-refractivity contribution < 1.29 is 0 Å². The lowest BCUT2D eigenvalue weighted by Crippen LogP contribution is -2.08. The lowest BCUT2D eigenvalue weighted by Gasteiger charge is -2.03. The van der Waals surface area contributed by atoms with E-state index in [2.05, 4.69) is 16.9 Å². The Bertz CT molecular complexity index is 420. The molecule has 0 aliphatic rings. The fourth-order valence-corrected chi connectivity index (χ4v) is 3.45. The van der Waals surface area contributed by atoms with Gasteiger partial charge in [-0.15, -0.1) is 11.8 Å². The third-order valence-electron chi connectivity index (χ3n) is 3.90. The molecule has 0 saturated carbocycles. The lowest BCUT2D eigenvalue weighted by atomic mass is 10.1. The molecule has 3 nitrogen and oxygen atoms in total. The summed E-state index contributed by atoms with van der Waals surface area (Å²) < 4.78 is 0. The molecule has 1 heterocycles. The van der Waals surface area contributed by atoms with E-state index in [0.29, 0.717) is 0 Å². The molecule has 0 fully saturated rings. The molecule has 0 saturated heterocycles. The third-order valence-corrected chi connectivity index (χ3v) is 4.95. The summed E-state index contributed by atoms with van der Waals surface area (Å²) in [7, 11) is 0. The van der Waals surface area contributed by atoms with Crippen molar-refractivity contribution in [2.75, 3.05) is 5.75 Å². The van der Waals surface area contributed by atoms with Crippen molar-refractivity contribution in [3.63, 3.8) is 0 Å². The van der Waals surface area contributed by atoms with Gasteiger partial charge in [-0.05, 0) is 18.2 Å². The quantitative estimate of drug-likeness (QED) is 0.277. The first kappa shape index (κ1) is 19.3.